The van der Waals surface area contributed by atoms with Crippen molar-refractivity contribution in [3.05, 3.63) is 44.6 Å². The van der Waals surface area contributed by atoms with Crippen molar-refractivity contribution in [2.75, 3.05) is 6.54 Å². The second-order valence-electron chi connectivity index (χ2n) is 8.40. The van der Waals surface area contributed by atoms with Crippen LogP contribution in [0.25, 0.3) is 0 Å². The number of rotatable bonds is 3. The Kier molecular flexibility index (Phi) is 3.83. The second kappa shape index (κ2) is 6.27. The zero-order chi connectivity index (χ0) is 20.7. The first-order valence-corrected chi connectivity index (χ1v) is 11.5. The first kappa shape index (κ1) is 18.3. The van der Waals surface area contributed by atoms with Crippen LogP contribution in [-0.4, -0.2) is 49.6 Å². The third-order valence-corrected chi connectivity index (χ3v) is 9.74. The molecule has 2 aliphatic carbocycles. The number of likely N-dealkylation sites (tertiary alicyclic amines) is 1. The number of aliphatic carboxylic acids is 1. The number of carboxylic acid groups (broad SMARTS) is 1. The summed E-state index contributed by atoms with van der Waals surface area (Å²) in [5.41, 5.74) is 1.01. The van der Waals surface area contributed by atoms with Crippen LogP contribution < -0.4 is 4.87 Å². The van der Waals surface area contributed by atoms with Crippen LogP contribution in [0.3, 0.4) is 0 Å². The van der Waals surface area contributed by atoms with E-state index >= 15 is 0 Å². The zero-order valence-corrected chi connectivity index (χ0v) is 17.2. The summed E-state index contributed by atoms with van der Waals surface area (Å²) in [4.78, 5) is 58.4. The maximum absolute atomic E-state index is 13.1. The Morgan fingerprint density at radius 2 is 2.00 bits per heavy atom. The number of hydrogen-bond donors (Lipinski definition) is 2. The van der Waals surface area contributed by atoms with Gasteiger partial charge < -0.3 is 10.1 Å². The van der Waals surface area contributed by atoms with Gasteiger partial charge in [-0.2, -0.15) is 0 Å². The number of nitrogens with one attached hydrogen (secondary N) is 1. The lowest BCUT2D eigenvalue weighted by Crippen LogP contribution is -2.42. The molecule has 7 atom stereocenters. The fourth-order valence-corrected chi connectivity index (χ4v) is 9.19. The predicted octanol–water partition coefficient (Wildman–Crippen LogP) is 1.39. The number of carbonyl (C=O) groups excluding carboxylic acids is 2. The highest BCUT2D eigenvalue weighted by Gasteiger charge is 2.69. The molecule has 1 saturated heterocycles. The summed E-state index contributed by atoms with van der Waals surface area (Å²) in [6.45, 7) is -0.570. The van der Waals surface area contributed by atoms with Gasteiger partial charge in [-0.05, 0) is 35.8 Å². The molecular weight excluding hydrogens is 426 g/mol. The molecule has 2 bridgehead atoms. The molecule has 2 saturated carbocycles. The van der Waals surface area contributed by atoms with Crippen LogP contribution in [-0.2, 0) is 14.4 Å². The van der Waals surface area contributed by atoms with E-state index < -0.39 is 24.3 Å². The van der Waals surface area contributed by atoms with Crippen molar-refractivity contribution in [3.63, 3.8) is 0 Å². The summed E-state index contributed by atoms with van der Waals surface area (Å²) in [6.07, 6.45) is 4.30. The van der Waals surface area contributed by atoms with Gasteiger partial charge in [0.15, 0.2) is 0 Å². The Morgan fingerprint density at radius 1 is 1.23 bits per heavy atom. The van der Waals surface area contributed by atoms with E-state index in [4.69, 9.17) is 5.11 Å². The standard InChI is InChI=1S/C20H17N3O5S2/c24-10(25)6-23-18(26)13-8-4-9(14(13)19(23)27)15-12(8)11(7-2-1-3-21-5-7)16-17(29-15)22-20(28)30-16/h1-3,5,8-9,11-15H,4,6H2,(H,22,28)(H,24,25)/t8-,9+,11+,12+,13+,14+,15-/m0/s1. The number of carboxylic acids is 1. The van der Waals surface area contributed by atoms with Crippen molar-refractivity contribution in [1.29, 1.82) is 0 Å². The molecule has 2 aromatic rings. The van der Waals surface area contributed by atoms with E-state index in [0.29, 0.717) is 0 Å². The fraction of sp³-hybridized carbons (Fsp3) is 0.450. The quantitative estimate of drug-likeness (QED) is 0.688. The molecule has 2 aromatic heterocycles. The van der Waals surface area contributed by atoms with Crippen LogP contribution in [0.4, 0.5) is 0 Å². The highest BCUT2D eigenvalue weighted by molar-refractivity contribution is 8.00. The third-order valence-electron chi connectivity index (χ3n) is 7.15. The molecule has 0 unspecified atom stereocenters. The van der Waals surface area contributed by atoms with Gasteiger partial charge in [0.2, 0.25) is 11.8 Å². The number of amides is 2. The van der Waals surface area contributed by atoms with Crippen LogP contribution >= 0.6 is 23.1 Å². The van der Waals surface area contributed by atoms with Gasteiger partial charge in [0.05, 0.1) is 16.9 Å². The van der Waals surface area contributed by atoms with Crippen molar-refractivity contribution in [2.24, 2.45) is 29.6 Å². The topological polar surface area (TPSA) is 120 Å². The van der Waals surface area contributed by atoms with E-state index in [0.717, 1.165) is 26.8 Å². The maximum atomic E-state index is 13.1. The van der Waals surface area contributed by atoms with Gasteiger partial charge in [-0.1, -0.05) is 17.4 Å². The third kappa shape index (κ3) is 2.31. The van der Waals surface area contributed by atoms with Gasteiger partial charge in [-0.25, -0.2) is 0 Å². The predicted molar refractivity (Wildman–Crippen MR) is 107 cm³/mol. The average Bonchev–Trinajstić information content (AvgIpc) is 3.44. The molecule has 30 heavy (non-hydrogen) atoms. The zero-order valence-electron chi connectivity index (χ0n) is 15.6. The van der Waals surface area contributed by atoms with E-state index in [1.165, 1.54) is 11.3 Å². The number of nitrogens with zero attached hydrogens (tertiary/aromatic N) is 2. The molecule has 154 valence electrons. The number of aromatic nitrogens is 2. The maximum Gasteiger partial charge on any atom is 0.323 e. The monoisotopic (exact) mass is 443 g/mol. The molecule has 0 spiro atoms. The van der Waals surface area contributed by atoms with Gasteiger partial charge >= 0.3 is 10.8 Å². The van der Waals surface area contributed by atoms with Crippen LogP contribution in [0.1, 0.15) is 22.8 Å². The van der Waals surface area contributed by atoms with Crippen LogP contribution in [0.15, 0.2) is 34.3 Å². The Morgan fingerprint density at radius 3 is 2.70 bits per heavy atom. The van der Waals surface area contributed by atoms with Crippen LogP contribution in [0.2, 0.25) is 0 Å². The summed E-state index contributed by atoms with van der Waals surface area (Å²) in [5.74, 6) is -2.74. The highest BCUT2D eigenvalue weighted by atomic mass is 32.2. The smallest absolute Gasteiger partial charge is 0.323 e. The molecule has 0 radical (unpaired) electrons. The Labute approximate surface area is 178 Å². The van der Waals surface area contributed by atoms with E-state index in [9.17, 15) is 19.2 Å². The van der Waals surface area contributed by atoms with E-state index in [1.54, 1.807) is 18.0 Å². The van der Waals surface area contributed by atoms with E-state index in [2.05, 4.69) is 9.97 Å². The summed E-state index contributed by atoms with van der Waals surface area (Å²) in [7, 11) is 0. The SMILES string of the molecule is O=C(O)CN1C(=O)[C@@H]2[C@H]3C[C@@H]([C@@H]4Sc5[nH]c(=O)sc5[C@H](c5cccnc5)[C@@H]34)[C@H]2C1=O. The lowest BCUT2D eigenvalue weighted by molar-refractivity contribution is -0.149. The average molecular weight is 444 g/mol. The normalized spacial score (nSPS) is 36.0. The number of imide groups is 1. The number of thioether (sulfide) groups is 1. The molecular formula is C20H17N3O5S2. The minimum atomic E-state index is -1.18. The van der Waals surface area contributed by atoms with Crippen LogP contribution in [0, 0.1) is 29.6 Å². The second-order valence-corrected chi connectivity index (χ2v) is 10.6. The number of carbonyl (C=O) groups is 3. The summed E-state index contributed by atoms with van der Waals surface area (Å²) >= 11 is 2.82. The molecule has 10 heteroatoms. The molecule has 6 rings (SSSR count). The van der Waals surface area contributed by atoms with Crippen molar-refractivity contribution < 1.29 is 19.5 Å². The van der Waals surface area contributed by atoms with E-state index in [1.807, 2.05) is 18.3 Å². The largest absolute Gasteiger partial charge is 0.480 e. The first-order chi connectivity index (χ1) is 14.5. The number of thiazole rings is 1. The van der Waals surface area contributed by atoms with Crippen molar-refractivity contribution in [1.82, 2.24) is 14.9 Å². The lowest BCUT2D eigenvalue weighted by atomic mass is 9.68. The Bertz CT molecular complexity index is 1140. The highest BCUT2D eigenvalue weighted by Crippen LogP contribution is 2.68. The first-order valence-electron chi connectivity index (χ1n) is 9.82. The number of fused-ring (bicyclic) bond motifs is 9. The fourth-order valence-electron chi connectivity index (χ4n) is 6.30. The molecule has 2 N–H and O–H groups in total. The molecule has 4 aliphatic rings. The number of aromatic amines is 1. The van der Waals surface area contributed by atoms with Crippen molar-refractivity contribution in [3.8, 4) is 0 Å². The van der Waals surface area contributed by atoms with Gasteiger partial charge in [-0.15, -0.1) is 11.8 Å². The summed E-state index contributed by atoms with van der Waals surface area (Å²) < 4.78 is 0. The van der Waals surface area contributed by atoms with Gasteiger partial charge in [0, 0.05) is 28.4 Å². The molecule has 2 aliphatic heterocycles. The van der Waals surface area contributed by atoms with Gasteiger partial charge in [-0.3, -0.25) is 29.1 Å². The van der Waals surface area contributed by atoms with E-state index in [-0.39, 0.29) is 45.6 Å². The number of H-pyrrole nitrogens is 1. The van der Waals surface area contributed by atoms with Crippen molar-refractivity contribution in [2.45, 2.75) is 22.6 Å². The van der Waals surface area contributed by atoms with Crippen molar-refractivity contribution >= 4 is 40.9 Å². The molecule has 8 nitrogen and oxygen atoms in total. The Balaban J connectivity index is 1.45. The molecule has 3 fully saturated rings. The van der Waals surface area contributed by atoms with Crippen LogP contribution in [0.5, 0.6) is 0 Å². The molecule has 2 amide bonds. The summed E-state index contributed by atoms with van der Waals surface area (Å²) in [6, 6.07) is 3.87. The molecule has 4 heterocycles. The number of pyridine rings is 1. The number of hydrogen-bond acceptors (Lipinski definition) is 7. The minimum absolute atomic E-state index is 0.000897. The summed E-state index contributed by atoms with van der Waals surface area (Å²) in [5, 5.41) is 10.1. The molecule has 0 aromatic carbocycles. The van der Waals surface area contributed by atoms with Gasteiger partial charge in [0.25, 0.3) is 0 Å². The Hall–Kier alpha value is -2.46. The van der Waals surface area contributed by atoms with Gasteiger partial charge in [0.1, 0.15) is 6.54 Å². The lowest BCUT2D eigenvalue weighted by Gasteiger charge is -2.42. The minimum Gasteiger partial charge on any atom is -0.480 e.